The molecule has 31 heavy (non-hydrogen) atoms. The smallest absolute Gasteiger partial charge is 0.195 e. The number of ketones is 1. The highest BCUT2D eigenvalue weighted by Crippen LogP contribution is 2.33. The minimum Gasteiger partial charge on any atom is -0.496 e. The van der Waals surface area contributed by atoms with Gasteiger partial charge in [-0.3, -0.25) is 4.79 Å². The van der Waals surface area contributed by atoms with Gasteiger partial charge in [0.15, 0.2) is 5.78 Å². The molecule has 0 aliphatic carbocycles. The Morgan fingerprint density at radius 3 is 2.52 bits per heavy atom. The van der Waals surface area contributed by atoms with Gasteiger partial charge in [0.05, 0.1) is 12.0 Å². The van der Waals surface area contributed by atoms with Gasteiger partial charge in [-0.05, 0) is 75.3 Å². The Bertz CT molecular complexity index is 1110. The number of hydrogen-bond donors (Lipinski definition) is 0. The Morgan fingerprint density at radius 1 is 1.10 bits per heavy atom. The lowest BCUT2D eigenvalue weighted by Crippen LogP contribution is -2.13. The maximum atomic E-state index is 12.4. The highest BCUT2D eigenvalue weighted by Gasteiger charge is 2.19. The first-order valence-corrected chi connectivity index (χ1v) is 11.7. The predicted molar refractivity (Wildman–Crippen MR) is 133 cm³/mol. The van der Waals surface area contributed by atoms with Crippen molar-refractivity contribution < 1.29 is 14.3 Å². The van der Waals surface area contributed by atoms with Crippen LogP contribution in [0.5, 0.6) is 11.5 Å². The first-order chi connectivity index (χ1) is 14.7. The summed E-state index contributed by atoms with van der Waals surface area (Å²) in [5, 5.41) is 1.90. The quantitative estimate of drug-likeness (QED) is 0.248. The van der Waals surface area contributed by atoms with Crippen molar-refractivity contribution in [2.24, 2.45) is 0 Å². The van der Waals surface area contributed by atoms with E-state index in [9.17, 15) is 4.79 Å². The lowest BCUT2D eigenvalue weighted by Gasteiger charge is -2.23. The van der Waals surface area contributed by atoms with Gasteiger partial charge in [0, 0.05) is 15.4 Å². The molecule has 0 fully saturated rings. The van der Waals surface area contributed by atoms with Crippen LogP contribution < -0.4 is 9.47 Å². The van der Waals surface area contributed by atoms with Crippen molar-refractivity contribution in [3.05, 3.63) is 85.5 Å². The summed E-state index contributed by atoms with van der Waals surface area (Å²) in [6, 6.07) is 14.0. The molecular formula is C26H27BrO3S. The van der Waals surface area contributed by atoms with Crippen LogP contribution in [-0.2, 0) is 12.0 Å². The first kappa shape index (κ1) is 23.3. The Balaban J connectivity index is 1.81. The molecule has 0 unspecified atom stereocenters. The second kappa shape index (κ2) is 9.84. The van der Waals surface area contributed by atoms with Crippen LogP contribution in [0.15, 0.2) is 58.4 Å². The predicted octanol–water partition coefficient (Wildman–Crippen LogP) is 7.60. The molecule has 0 bridgehead atoms. The Kier molecular flexibility index (Phi) is 7.39. The van der Waals surface area contributed by atoms with E-state index in [0.29, 0.717) is 11.5 Å². The highest BCUT2D eigenvalue weighted by atomic mass is 79.9. The number of halogens is 1. The second-order valence-corrected chi connectivity index (χ2v) is 10.3. The minimum absolute atomic E-state index is 0.0149. The van der Waals surface area contributed by atoms with Crippen molar-refractivity contribution in [1.29, 1.82) is 0 Å². The number of rotatable bonds is 7. The van der Waals surface area contributed by atoms with E-state index in [4.69, 9.17) is 9.47 Å². The average molecular weight is 499 g/mol. The van der Waals surface area contributed by atoms with Crippen LogP contribution in [0.2, 0.25) is 0 Å². The van der Waals surface area contributed by atoms with Crippen molar-refractivity contribution in [2.75, 3.05) is 7.11 Å². The molecule has 0 saturated heterocycles. The summed E-state index contributed by atoms with van der Waals surface area (Å²) in [6.07, 6.45) is 3.43. The zero-order valence-electron chi connectivity index (χ0n) is 18.5. The molecule has 0 spiro atoms. The minimum atomic E-state index is -0.0190. The Labute approximate surface area is 196 Å². The van der Waals surface area contributed by atoms with Gasteiger partial charge in [-0.15, -0.1) is 11.3 Å². The normalized spacial score (nSPS) is 11.7. The molecule has 3 aromatic rings. The van der Waals surface area contributed by atoms with Crippen molar-refractivity contribution in [1.82, 2.24) is 0 Å². The lowest BCUT2D eigenvalue weighted by atomic mass is 9.86. The number of ether oxygens (including phenoxy) is 2. The third kappa shape index (κ3) is 6.08. The fourth-order valence-corrected chi connectivity index (χ4v) is 4.58. The van der Waals surface area contributed by atoms with Gasteiger partial charge in [0.2, 0.25) is 0 Å². The fraction of sp³-hybridized carbons (Fsp3) is 0.269. The third-order valence-corrected chi connectivity index (χ3v) is 6.58. The van der Waals surface area contributed by atoms with Gasteiger partial charge in [0.1, 0.15) is 18.1 Å². The van der Waals surface area contributed by atoms with Crippen molar-refractivity contribution in [3.63, 3.8) is 0 Å². The van der Waals surface area contributed by atoms with Gasteiger partial charge >= 0.3 is 0 Å². The SMILES string of the molecule is COc1ccc(/C=C/C(=O)c2cc(Br)cs2)cc1COc1cc(C)ccc1C(C)(C)C. The standard InChI is InChI=1S/C26H27BrO3S/c1-17-6-9-21(26(2,3)4)24(12-17)30-15-19-13-18(8-11-23(19)29-5)7-10-22(28)25-14-20(27)16-31-25/h6-14,16H,15H2,1-5H3/b10-7+. The van der Waals surface area contributed by atoms with Crippen LogP contribution in [0, 0.1) is 6.92 Å². The van der Waals surface area contributed by atoms with E-state index >= 15 is 0 Å². The van der Waals surface area contributed by atoms with Crippen molar-refractivity contribution in [3.8, 4) is 11.5 Å². The number of allylic oxidation sites excluding steroid dienone is 1. The van der Waals surface area contributed by atoms with Crippen LogP contribution in [0.25, 0.3) is 6.08 Å². The number of methoxy groups -OCH3 is 1. The molecule has 1 aromatic heterocycles. The van der Waals surface area contributed by atoms with Crippen LogP contribution in [0.1, 0.15) is 52.7 Å². The summed E-state index contributed by atoms with van der Waals surface area (Å²) >= 11 is 4.81. The number of thiophene rings is 1. The summed E-state index contributed by atoms with van der Waals surface area (Å²) in [5.74, 6) is 1.63. The summed E-state index contributed by atoms with van der Waals surface area (Å²) in [6.45, 7) is 8.98. The summed E-state index contributed by atoms with van der Waals surface area (Å²) in [5.41, 5.74) is 4.15. The van der Waals surface area contributed by atoms with E-state index in [0.717, 1.165) is 32.7 Å². The van der Waals surface area contributed by atoms with E-state index in [1.54, 1.807) is 13.2 Å². The summed E-state index contributed by atoms with van der Waals surface area (Å²) < 4.78 is 12.7. The molecule has 162 valence electrons. The summed E-state index contributed by atoms with van der Waals surface area (Å²) in [7, 11) is 1.65. The van der Waals surface area contributed by atoms with E-state index in [1.165, 1.54) is 16.9 Å². The van der Waals surface area contributed by atoms with E-state index in [1.807, 2.05) is 35.7 Å². The first-order valence-electron chi connectivity index (χ1n) is 10.0. The maximum Gasteiger partial charge on any atom is 0.195 e. The van der Waals surface area contributed by atoms with E-state index in [-0.39, 0.29) is 11.2 Å². The van der Waals surface area contributed by atoms with E-state index in [2.05, 4.69) is 61.8 Å². The molecule has 3 rings (SSSR count). The second-order valence-electron chi connectivity index (χ2n) is 8.44. The van der Waals surface area contributed by atoms with Gasteiger partial charge in [0.25, 0.3) is 0 Å². The topological polar surface area (TPSA) is 35.5 Å². The number of carbonyl (C=O) groups excluding carboxylic acids is 1. The molecule has 0 saturated carbocycles. The van der Waals surface area contributed by atoms with Crippen LogP contribution in [0.3, 0.4) is 0 Å². The molecule has 0 aliphatic rings. The molecule has 0 aliphatic heterocycles. The molecule has 5 heteroatoms. The molecule has 3 nitrogen and oxygen atoms in total. The molecule has 0 N–H and O–H groups in total. The van der Waals surface area contributed by atoms with Crippen molar-refractivity contribution in [2.45, 2.75) is 39.7 Å². The van der Waals surface area contributed by atoms with Crippen molar-refractivity contribution >= 4 is 39.1 Å². The molecule has 0 atom stereocenters. The molecular weight excluding hydrogens is 472 g/mol. The van der Waals surface area contributed by atoms with Gasteiger partial charge in [-0.1, -0.05) is 45.0 Å². The molecule has 1 heterocycles. The lowest BCUT2D eigenvalue weighted by molar-refractivity contribution is 0.105. The maximum absolute atomic E-state index is 12.4. The zero-order chi connectivity index (χ0) is 22.6. The fourth-order valence-electron chi connectivity index (χ4n) is 3.24. The molecule has 0 radical (unpaired) electrons. The van der Waals surface area contributed by atoms with Gasteiger partial charge in [-0.25, -0.2) is 0 Å². The number of carbonyl (C=O) groups is 1. The zero-order valence-corrected chi connectivity index (χ0v) is 20.9. The Hall–Kier alpha value is -2.37. The largest absolute Gasteiger partial charge is 0.496 e. The monoisotopic (exact) mass is 498 g/mol. The van der Waals surface area contributed by atoms with Crippen LogP contribution in [-0.4, -0.2) is 12.9 Å². The number of aryl methyl sites for hydroxylation is 1. The highest BCUT2D eigenvalue weighted by molar-refractivity contribution is 9.10. The average Bonchev–Trinajstić information content (AvgIpc) is 3.16. The third-order valence-electron chi connectivity index (χ3n) is 4.87. The Morgan fingerprint density at radius 2 is 1.87 bits per heavy atom. The molecule has 2 aromatic carbocycles. The van der Waals surface area contributed by atoms with Crippen LogP contribution in [0.4, 0.5) is 0 Å². The van der Waals surface area contributed by atoms with Gasteiger partial charge < -0.3 is 9.47 Å². The van der Waals surface area contributed by atoms with Crippen LogP contribution >= 0.6 is 27.3 Å². The summed E-state index contributed by atoms with van der Waals surface area (Å²) in [4.78, 5) is 13.1. The number of benzene rings is 2. The molecule has 0 amide bonds. The van der Waals surface area contributed by atoms with E-state index < -0.39 is 0 Å². The van der Waals surface area contributed by atoms with Gasteiger partial charge in [-0.2, -0.15) is 0 Å². The number of hydrogen-bond acceptors (Lipinski definition) is 4.